The van der Waals surface area contributed by atoms with Crippen LogP contribution >= 0.6 is 15.9 Å². The molecule has 2 atom stereocenters. The van der Waals surface area contributed by atoms with E-state index in [0.29, 0.717) is 22.6 Å². The molecule has 0 aromatic carbocycles. The lowest BCUT2D eigenvalue weighted by Gasteiger charge is -2.09. The molecule has 0 spiro atoms. The van der Waals surface area contributed by atoms with E-state index < -0.39 is 0 Å². The Balaban J connectivity index is 3.65. The Morgan fingerprint density at radius 3 is 2.46 bits per heavy atom. The molecule has 13 heavy (non-hydrogen) atoms. The average Bonchev–Trinajstić information content (AvgIpc) is 2.05. The summed E-state index contributed by atoms with van der Waals surface area (Å²) < 4.78 is 0. The second-order valence-corrected chi connectivity index (χ2v) is 6.56. The Morgan fingerprint density at radius 2 is 2.08 bits per heavy atom. The maximum absolute atomic E-state index is 11.1. The molecule has 0 fully saturated rings. The van der Waals surface area contributed by atoms with Crippen molar-refractivity contribution < 1.29 is 4.79 Å². The Kier molecular flexibility index (Phi) is 8.17. The highest BCUT2D eigenvalue weighted by Crippen LogP contribution is 2.11. The summed E-state index contributed by atoms with van der Waals surface area (Å²) in [5.41, 5.74) is 0. The smallest absolute Gasteiger partial charge is 0.133 e. The van der Waals surface area contributed by atoms with E-state index in [2.05, 4.69) is 29.1 Å². The van der Waals surface area contributed by atoms with Gasteiger partial charge in [0.2, 0.25) is 0 Å². The van der Waals surface area contributed by atoms with E-state index in [1.807, 2.05) is 0 Å². The largest absolute Gasteiger partial charge is 0.300 e. The van der Waals surface area contributed by atoms with Crippen LogP contribution in [-0.2, 0) is 15.7 Å². The van der Waals surface area contributed by atoms with Crippen LogP contribution < -0.4 is 0 Å². The van der Waals surface area contributed by atoms with Gasteiger partial charge in [-0.3, -0.25) is 4.79 Å². The minimum atomic E-state index is 0.310. The fourth-order valence-electron chi connectivity index (χ4n) is 1.27. The molecule has 0 rings (SSSR count). The minimum Gasteiger partial charge on any atom is -0.300 e. The van der Waals surface area contributed by atoms with E-state index in [1.165, 1.54) is 11.5 Å². The lowest BCUT2D eigenvalue weighted by Crippen LogP contribution is -2.17. The summed E-state index contributed by atoms with van der Waals surface area (Å²) >= 11 is 3.44. The van der Waals surface area contributed by atoms with Crippen molar-refractivity contribution >= 4 is 32.6 Å². The van der Waals surface area contributed by atoms with Crippen LogP contribution in [0.2, 0.25) is 0 Å². The first-order valence-electron chi connectivity index (χ1n) is 4.77. The highest BCUT2D eigenvalue weighted by Gasteiger charge is 2.17. The van der Waals surface area contributed by atoms with Crippen molar-refractivity contribution in [2.24, 2.45) is 5.92 Å². The summed E-state index contributed by atoms with van der Waals surface area (Å²) in [6.07, 6.45) is 4.37. The van der Waals surface area contributed by atoms with Crippen LogP contribution in [0.4, 0.5) is 0 Å². The number of ketones is 1. The Bertz CT molecular complexity index is 150. The van der Waals surface area contributed by atoms with Gasteiger partial charge in [-0.15, -0.1) is 0 Å². The number of hydrogen-bond acceptors (Lipinski definition) is 1. The van der Waals surface area contributed by atoms with Crippen molar-refractivity contribution in [1.29, 1.82) is 0 Å². The number of halogens is 1. The summed E-state index contributed by atoms with van der Waals surface area (Å²) in [4.78, 5) is 11.1. The lowest BCUT2D eigenvalue weighted by atomic mass is 10.00. The molecule has 0 aliphatic rings. The molecule has 0 aliphatic heterocycles. The average molecular weight is 268 g/mol. The van der Waals surface area contributed by atoms with Crippen molar-refractivity contribution in [3.8, 4) is 0 Å². The molecule has 0 aromatic heterocycles. The number of rotatable bonds is 7. The Labute approximate surface area is 93.1 Å². The molecule has 1 nitrogen and oxygen atoms in total. The van der Waals surface area contributed by atoms with Gasteiger partial charge in [-0.2, -0.15) is 0 Å². The van der Waals surface area contributed by atoms with E-state index in [1.54, 1.807) is 6.92 Å². The fraction of sp³-hybridized carbons (Fsp3) is 0.900. The van der Waals surface area contributed by atoms with E-state index in [-0.39, 0.29) is 0 Å². The fourth-order valence-corrected chi connectivity index (χ4v) is 4.08. The molecule has 0 saturated heterocycles. The number of hydrogen-bond donors (Lipinski definition) is 0. The molecule has 0 aromatic rings. The molecule has 0 N–H and O–H groups in total. The zero-order valence-corrected chi connectivity index (χ0v) is 11.2. The molecule has 0 aliphatic carbocycles. The van der Waals surface area contributed by atoms with Crippen molar-refractivity contribution in [3.05, 3.63) is 0 Å². The minimum absolute atomic E-state index is 0.310. The zero-order valence-electron chi connectivity index (χ0n) is 8.81. The Hall–Kier alpha value is 0.500. The molecule has 3 heteroatoms. The van der Waals surface area contributed by atoms with Crippen LogP contribution in [0, 0.1) is 5.92 Å². The third kappa shape index (κ3) is 6.55. The second-order valence-electron chi connectivity index (χ2n) is 3.38. The normalized spacial score (nSPS) is 15.4. The van der Waals surface area contributed by atoms with Crippen molar-refractivity contribution in [2.75, 3.05) is 23.1 Å². The number of alkyl halides is 1. The predicted octanol–water partition coefficient (Wildman–Crippen LogP) is 2.63. The monoisotopic (exact) mass is 267 g/mol. The van der Waals surface area contributed by atoms with Gasteiger partial charge in [0.1, 0.15) is 17.3 Å². The molecule has 78 valence electrons. The van der Waals surface area contributed by atoms with Crippen LogP contribution in [0.3, 0.4) is 0 Å². The summed E-state index contributed by atoms with van der Waals surface area (Å²) in [5.74, 6) is 3.13. The standard InChI is InChI=1S/C10H20BrOS/c1-4-10(9(2)12)5-7-13(3)8-6-11/h10H,4-8H2,1-3H3/q+1/t10-,13?/m0/s1. The van der Waals surface area contributed by atoms with Gasteiger partial charge >= 0.3 is 0 Å². The first-order valence-corrected chi connectivity index (χ1v) is 7.86. The van der Waals surface area contributed by atoms with Crippen LogP contribution in [-0.4, -0.2) is 28.9 Å². The highest BCUT2D eigenvalue weighted by molar-refractivity contribution is 9.09. The maximum atomic E-state index is 11.1. The molecular formula is C10H20BrOS+. The van der Waals surface area contributed by atoms with Crippen molar-refractivity contribution in [2.45, 2.75) is 26.7 Å². The number of Topliss-reactive ketones (excluding diaryl/α,β-unsaturated/α-hetero) is 1. The van der Waals surface area contributed by atoms with Gasteiger partial charge in [0, 0.05) is 17.7 Å². The van der Waals surface area contributed by atoms with Gasteiger partial charge < -0.3 is 0 Å². The summed E-state index contributed by atoms with van der Waals surface area (Å²) in [7, 11) is 0.492. The van der Waals surface area contributed by atoms with Crippen molar-refractivity contribution in [1.82, 2.24) is 0 Å². The third-order valence-electron chi connectivity index (χ3n) is 2.31. The summed E-state index contributed by atoms with van der Waals surface area (Å²) in [5, 5.41) is 1.09. The summed E-state index contributed by atoms with van der Waals surface area (Å²) in [6.45, 7) is 3.82. The van der Waals surface area contributed by atoms with Crippen molar-refractivity contribution in [3.63, 3.8) is 0 Å². The van der Waals surface area contributed by atoms with E-state index in [9.17, 15) is 4.79 Å². The summed E-state index contributed by atoms with van der Waals surface area (Å²) in [6, 6.07) is 0. The first-order chi connectivity index (χ1) is 6.11. The first kappa shape index (κ1) is 13.5. The molecule has 1 unspecified atom stereocenters. The Morgan fingerprint density at radius 1 is 1.46 bits per heavy atom. The van der Waals surface area contributed by atoms with Gasteiger partial charge in [0.15, 0.2) is 0 Å². The van der Waals surface area contributed by atoms with Crippen LogP contribution in [0.1, 0.15) is 26.7 Å². The van der Waals surface area contributed by atoms with Crippen LogP contribution in [0.5, 0.6) is 0 Å². The molecule has 0 heterocycles. The lowest BCUT2D eigenvalue weighted by molar-refractivity contribution is -0.120. The topological polar surface area (TPSA) is 17.1 Å². The predicted molar refractivity (Wildman–Crippen MR) is 65.9 cm³/mol. The molecule has 0 radical (unpaired) electrons. The molecule has 0 amide bonds. The highest BCUT2D eigenvalue weighted by atomic mass is 79.9. The number of carbonyl (C=O) groups excluding carboxylic acids is 1. The van der Waals surface area contributed by atoms with E-state index >= 15 is 0 Å². The second kappa shape index (κ2) is 7.86. The van der Waals surface area contributed by atoms with Gasteiger partial charge in [0.05, 0.1) is 6.26 Å². The van der Waals surface area contributed by atoms with E-state index in [4.69, 9.17) is 0 Å². The number of carbonyl (C=O) groups is 1. The van der Waals surface area contributed by atoms with Gasteiger partial charge in [0.25, 0.3) is 0 Å². The molecular weight excluding hydrogens is 248 g/mol. The molecule has 0 saturated carbocycles. The van der Waals surface area contributed by atoms with Gasteiger partial charge in [-0.05, 0) is 24.2 Å². The third-order valence-corrected chi connectivity index (χ3v) is 5.06. The van der Waals surface area contributed by atoms with Gasteiger partial charge in [-0.1, -0.05) is 22.9 Å². The van der Waals surface area contributed by atoms with Gasteiger partial charge in [-0.25, -0.2) is 0 Å². The maximum Gasteiger partial charge on any atom is 0.133 e. The quantitative estimate of drug-likeness (QED) is 0.512. The zero-order chi connectivity index (χ0) is 10.3. The molecule has 0 bridgehead atoms. The SMILES string of the molecule is CC[C@@H](CC[S+](C)CCBr)C(C)=O. The van der Waals surface area contributed by atoms with Crippen LogP contribution in [0.25, 0.3) is 0 Å². The van der Waals surface area contributed by atoms with E-state index in [0.717, 1.165) is 18.2 Å². The van der Waals surface area contributed by atoms with Crippen LogP contribution in [0.15, 0.2) is 0 Å².